The molecule has 2 aliphatic rings. The fourth-order valence-corrected chi connectivity index (χ4v) is 4.63. The van der Waals surface area contributed by atoms with Gasteiger partial charge < -0.3 is 75.1 Å². The Balaban J connectivity index is 1.65. The summed E-state index contributed by atoms with van der Waals surface area (Å²) in [7, 11) is 0. The number of rotatable bonds is 9. The van der Waals surface area contributed by atoms with Crippen LogP contribution in [0.4, 0.5) is 0 Å². The molecule has 0 aromatic heterocycles. The average Bonchev–Trinajstić information content (AvgIpc) is 2.95. The van der Waals surface area contributed by atoms with E-state index in [0.717, 1.165) is 0 Å². The minimum atomic E-state index is -1.75. The minimum absolute atomic E-state index is 0.0247. The Kier molecular flexibility index (Phi) is 9.89. The van der Waals surface area contributed by atoms with Crippen molar-refractivity contribution in [1.29, 1.82) is 0 Å². The van der Waals surface area contributed by atoms with E-state index < -0.39 is 81.2 Å². The molecule has 0 saturated carbocycles. The van der Waals surface area contributed by atoms with Gasteiger partial charge >= 0.3 is 0 Å². The minimum Gasteiger partial charge on any atom is -0.508 e. The third kappa shape index (κ3) is 6.50. The lowest BCUT2D eigenvalue weighted by Gasteiger charge is -2.40. The molecule has 15 nitrogen and oxygen atoms in total. The first-order chi connectivity index (χ1) is 19.5. The standard InChI is InChI=1S/C26H34O15/c27-7-12-6-16(39-26-24(37)22(35)20(33)18(9-29)41-26)11(5-14(12)31)3-10-4-13(30)1-2-15(10)38-25-23(36)21(34)19(32)17(8-28)40-25/h1-2,4-6,17-37H,3,7-9H2. The number of hydrogen-bond donors (Lipinski definition) is 11. The molecular formula is C26H34O15. The van der Waals surface area contributed by atoms with Gasteiger partial charge in [-0.1, -0.05) is 0 Å². The second-order valence-electron chi connectivity index (χ2n) is 9.85. The molecule has 0 radical (unpaired) electrons. The van der Waals surface area contributed by atoms with Crippen LogP contribution in [0.3, 0.4) is 0 Å². The van der Waals surface area contributed by atoms with Gasteiger partial charge in [-0.05, 0) is 30.3 Å². The van der Waals surface area contributed by atoms with E-state index in [9.17, 15) is 56.2 Å². The van der Waals surface area contributed by atoms with Crippen molar-refractivity contribution in [2.45, 2.75) is 74.4 Å². The number of phenols is 2. The number of benzene rings is 2. The number of phenolic OH excluding ortho intramolecular Hbond substituents is 1. The van der Waals surface area contributed by atoms with Crippen molar-refractivity contribution in [2.24, 2.45) is 0 Å². The summed E-state index contributed by atoms with van der Waals surface area (Å²) in [5, 5.41) is 110. The van der Waals surface area contributed by atoms with Crippen LogP contribution in [0.1, 0.15) is 16.7 Å². The molecule has 41 heavy (non-hydrogen) atoms. The summed E-state index contributed by atoms with van der Waals surface area (Å²) in [6, 6.07) is 6.35. The molecule has 11 N–H and O–H groups in total. The Hall–Kier alpha value is -2.80. The summed E-state index contributed by atoms with van der Waals surface area (Å²) >= 11 is 0. The van der Waals surface area contributed by atoms with E-state index in [0.29, 0.717) is 0 Å². The second-order valence-corrected chi connectivity index (χ2v) is 9.85. The summed E-state index contributed by atoms with van der Waals surface area (Å²) in [4.78, 5) is 0. The summed E-state index contributed by atoms with van der Waals surface area (Å²) in [5.74, 6) is -0.566. The Morgan fingerprint density at radius 3 is 1.61 bits per heavy atom. The molecule has 0 spiro atoms. The van der Waals surface area contributed by atoms with Gasteiger partial charge in [0.25, 0.3) is 0 Å². The molecule has 0 bridgehead atoms. The van der Waals surface area contributed by atoms with Gasteiger partial charge in [0.1, 0.15) is 71.8 Å². The summed E-state index contributed by atoms with van der Waals surface area (Å²) in [6.07, 6.45) is -15.9. The molecule has 2 aliphatic heterocycles. The molecular weight excluding hydrogens is 552 g/mol. The maximum atomic E-state index is 10.4. The van der Waals surface area contributed by atoms with Crippen LogP contribution in [0.2, 0.25) is 0 Å². The predicted octanol–water partition coefficient (Wildman–Crippen LogP) is -3.46. The van der Waals surface area contributed by atoms with Crippen LogP contribution in [0.25, 0.3) is 0 Å². The molecule has 0 aliphatic carbocycles. The van der Waals surface area contributed by atoms with E-state index in [-0.39, 0.29) is 46.1 Å². The number of hydrogen-bond acceptors (Lipinski definition) is 15. The number of aliphatic hydroxyl groups excluding tert-OH is 9. The molecule has 2 saturated heterocycles. The lowest BCUT2D eigenvalue weighted by atomic mass is 9.98. The SMILES string of the molecule is OCc1cc(OC2OC(CO)C(O)C(O)C2O)c(Cc2cc(O)ccc2OC2OC(CO)C(O)C(O)C2O)cc1O. The van der Waals surface area contributed by atoms with Crippen LogP contribution in [0, 0.1) is 0 Å². The van der Waals surface area contributed by atoms with E-state index in [1.807, 2.05) is 0 Å². The van der Waals surface area contributed by atoms with Gasteiger partial charge in [-0.15, -0.1) is 0 Å². The number of ether oxygens (including phenoxy) is 4. The highest BCUT2D eigenvalue weighted by atomic mass is 16.7. The highest BCUT2D eigenvalue weighted by Gasteiger charge is 2.46. The summed E-state index contributed by atoms with van der Waals surface area (Å²) < 4.78 is 22.3. The Morgan fingerprint density at radius 2 is 1.10 bits per heavy atom. The smallest absolute Gasteiger partial charge is 0.229 e. The fourth-order valence-electron chi connectivity index (χ4n) is 4.63. The molecule has 2 aromatic rings. The Bertz CT molecular complexity index is 1170. The summed E-state index contributed by atoms with van der Waals surface area (Å²) in [5.41, 5.74) is 0.458. The Morgan fingerprint density at radius 1 is 0.585 bits per heavy atom. The van der Waals surface area contributed by atoms with Gasteiger partial charge in [-0.25, -0.2) is 0 Å². The van der Waals surface area contributed by atoms with E-state index in [4.69, 9.17) is 18.9 Å². The van der Waals surface area contributed by atoms with Crippen molar-refractivity contribution in [3.63, 3.8) is 0 Å². The molecule has 10 atom stereocenters. The molecule has 10 unspecified atom stereocenters. The van der Waals surface area contributed by atoms with Gasteiger partial charge in [0.2, 0.25) is 12.6 Å². The van der Waals surface area contributed by atoms with Gasteiger partial charge in [-0.2, -0.15) is 0 Å². The number of aromatic hydroxyl groups is 2. The molecule has 2 heterocycles. The van der Waals surface area contributed by atoms with Gasteiger partial charge in [0, 0.05) is 23.1 Å². The lowest BCUT2D eigenvalue weighted by Crippen LogP contribution is -2.60. The maximum Gasteiger partial charge on any atom is 0.229 e. The van der Waals surface area contributed by atoms with Crippen molar-refractivity contribution in [1.82, 2.24) is 0 Å². The zero-order valence-electron chi connectivity index (χ0n) is 21.5. The zero-order chi connectivity index (χ0) is 30.0. The summed E-state index contributed by atoms with van der Waals surface area (Å²) in [6.45, 7) is -1.98. The van der Waals surface area contributed by atoms with Gasteiger partial charge in [0.05, 0.1) is 19.8 Å². The number of aliphatic hydroxyl groups is 9. The van der Waals surface area contributed by atoms with E-state index in [2.05, 4.69) is 0 Å². The van der Waals surface area contributed by atoms with E-state index >= 15 is 0 Å². The highest BCUT2D eigenvalue weighted by molar-refractivity contribution is 5.50. The highest BCUT2D eigenvalue weighted by Crippen LogP contribution is 2.36. The van der Waals surface area contributed by atoms with Crippen molar-refractivity contribution in [3.8, 4) is 23.0 Å². The van der Waals surface area contributed by atoms with Crippen molar-refractivity contribution in [3.05, 3.63) is 47.0 Å². The molecule has 15 heteroatoms. The van der Waals surface area contributed by atoms with Crippen molar-refractivity contribution in [2.75, 3.05) is 13.2 Å². The molecule has 0 amide bonds. The predicted molar refractivity (Wildman–Crippen MR) is 134 cm³/mol. The molecule has 2 fully saturated rings. The molecule has 2 aromatic carbocycles. The maximum absolute atomic E-state index is 10.4. The van der Waals surface area contributed by atoms with Gasteiger partial charge in [0.15, 0.2) is 0 Å². The normalized spacial score (nSPS) is 33.9. The molecule has 228 valence electrons. The quantitative estimate of drug-likeness (QED) is 0.136. The van der Waals surface area contributed by atoms with E-state index in [1.165, 1.54) is 30.3 Å². The fraction of sp³-hybridized carbons (Fsp3) is 0.538. The van der Waals surface area contributed by atoms with Crippen LogP contribution in [0.15, 0.2) is 30.3 Å². The lowest BCUT2D eigenvalue weighted by molar-refractivity contribution is -0.277. The first-order valence-corrected chi connectivity index (χ1v) is 12.7. The van der Waals surface area contributed by atoms with Crippen LogP contribution in [-0.2, 0) is 22.5 Å². The van der Waals surface area contributed by atoms with Crippen LogP contribution in [0.5, 0.6) is 23.0 Å². The van der Waals surface area contributed by atoms with Crippen molar-refractivity contribution < 1.29 is 75.1 Å². The Labute approximate surface area is 233 Å². The van der Waals surface area contributed by atoms with Crippen molar-refractivity contribution >= 4 is 0 Å². The largest absolute Gasteiger partial charge is 0.508 e. The van der Waals surface area contributed by atoms with E-state index in [1.54, 1.807) is 0 Å². The third-order valence-electron chi connectivity index (χ3n) is 7.04. The second kappa shape index (κ2) is 13.0. The first kappa shape index (κ1) is 31.1. The van der Waals surface area contributed by atoms with Gasteiger partial charge in [-0.3, -0.25) is 0 Å². The van der Waals surface area contributed by atoms with Crippen LogP contribution < -0.4 is 9.47 Å². The van der Waals surface area contributed by atoms with Crippen LogP contribution >= 0.6 is 0 Å². The zero-order valence-corrected chi connectivity index (χ0v) is 21.5. The van der Waals surface area contributed by atoms with Crippen LogP contribution in [-0.4, -0.2) is 131 Å². The average molecular weight is 587 g/mol. The monoisotopic (exact) mass is 586 g/mol. The first-order valence-electron chi connectivity index (χ1n) is 12.7. The topological polar surface area (TPSA) is 259 Å². The molecule has 4 rings (SSSR count). The third-order valence-corrected chi connectivity index (χ3v) is 7.04.